The minimum atomic E-state index is -3.64. The van der Waals surface area contributed by atoms with Gasteiger partial charge >= 0.3 is 0 Å². The summed E-state index contributed by atoms with van der Waals surface area (Å²) in [6.45, 7) is 0.00515. The molecule has 1 unspecified atom stereocenters. The van der Waals surface area contributed by atoms with Gasteiger partial charge in [-0.25, -0.2) is 13.1 Å². The molecule has 3 aromatic carbocycles. The van der Waals surface area contributed by atoms with Crippen molar-refractivity contribution in [2.45, 2.75) is 17.4 Å². The van der Waals surface area contributed by atoms with E-state index in [0.717, 1.165) is 11.1 Å². The lowest BCUT2D eigenvalue weighted by molar-refractivity contribution is -0.121. The first kappa shape index (κ1) is 21.0. The second-order valence-electron chi connectivity index (χ2n) is 6.42. The molecule has 7 heteroatoms. The average Bonchev–Trinajstić information content (AvgIpc) is 2.74. The summed E-state index contributed by atoms with van der Waals surface area (Å²) in [4.78, 5) is 12.7. The van der Waals surface area contributed by atoms with E-state index in [9.17, 15) is 13.2 Å². The molecule has 0 bridgehead atoms. The number of amides is 1. The second-order valence-corrected chi connectivity index (χ2v) is 8.63. The molecule has 0 aliphatic carbocycles. The van der Waals surface area contributed by atoms with Gasteiger partial charge in [0.2, 0.25) is 15.9 Å². The van der Waals surface area contributed by atoms with Gasteiger partial charge in [0.05, 0.1) is 10.9 Å². The molecular formula is C22H21ClN2O3S. The Bertz CT molecular complexity index is 1040. The molecule has 0 aliphatic heterocycles. The summed E-state index contributed by atoms with van der Waals surface area (Å²) < 4.78 is 27.0. The Balaban J connectivity index is 1.65. The quantitative estimate of drug-likeness (QED) is 0.571. The van der Waals surface area contributed by atoms with Crippen LogP contribution in [0.2, 0.25) is 5.02 Å². The predicted octanol–water partition coefficient (Wildman–Crippen LogP) is 3.91. The fourth-order valence-electron chi connectivity index (χ4n) is 2.87. The molecule has 0 fully saturated rings. The summed E-state index contributed by atoms with van der Waals surface area (Å²) in [6.07, 6.45) is 0.0169. The van der Waals surface area contributed by atoms with Crippen LogP contribution in [0.1, 0.15) is 23.6 Å². The Morgan fingerprint density at radius 2 is 1.38 bits per heavy atom. The van der Waals surface area contributed by atoms with Crippen molar-refractivity contribution < 1.29 is 13.2 Å². The Labute approximate surface area is 175 Å². The molecule has 1 amide bonds. The number of carbonyl (C=O) groups excluding carboxylic acids is 1. The van der Waals surface area contributed by atoms with Gasteiger partial charge in [-0.3, -0.25) is 4.79 Å². The highest BCUT2D eigenvalue weighted by molar-refractivity contribution is 7.89. The van der Waals surface area contributed by atoms with Crippen LogP contribution in [-0.2, 0) is 14.8 Å². The molecule has 5 nitrogen and oxygen atoms in total. The first-order chi connectivity index (χ1) is 14.0. The lowest BCUT2D eigenvalue weighted by atomic mass is 9.98. The maximum atomic E-state index is 12.5. The molecule has 0 spiro atoms. The summed E-state index contributed by atoms with van der Waals surface area (Å²) in [7, 11) is -3.64. The van der Waals surface area contributed by atoms with Crippen LogP contribution < -0.4 is 10.0 Å². The number of halogens is 1. The summed E-state index contributed by atoms with van der Waals surface area (Å²) in [5.41, 5.74) is 1.81. The van der Waals surface area contributed by atoms with Crippen molar-refractivity contribution in [3.05, 3.63) is 101 Å². The van der Waals surface area contributed by atoms with Crippen LogP contribution in [0, 0.1) is 0 Å². The molecule has 0 radical (unpaired) electrons. The van der Waals surface area contributed by atoms with Crippen molar-refractivity contribution in [1.29, 1.82) is 0 Å². The highest BCUT2D eigenvalue weighted by Gasteiger charge is 2.18. The van der Waals surface area contributed by atoms with Gasteiger partial charge in [0.1, 0.15) is 0 Å². The Kier molecular flexibility index (Phi) is 7.04. The van der Waals surface area contributed by atoms with Crippen LogP contribution >= 0.6 is 11.6 Å². The summed E-state index contributed by atoms with van der Waals surface area (Å²) in [6, 6.07) is 24.5. The van der Waals surface area contributed by atoms with Gasteiger partial charge < -0.3 is 5.32 Å². The fourth-order valence-corrected chi connectivity index (χ4v) is 4.05. The monoisotopic (exact) mass is 428 g/mol. The number of rotatable bonds is 8. The van der Waals surface area contributed by atoms with E-state index in [1.807, 2.05) is 42.5 Å². The van der Waals surface area contributed by atoms with Crippen LogP contribution in [0.15, 0.2) is 89.8 Å². The lowest BCUT2D eigenvalue weighted by Crippen LogP contribution is -2.33. The Morgan fingerprint density at radius 1 is 0.828 bits per heavy atom. The van der Waals surface area contributed by atoms with Gasteiger partial charge in [0.15, 0.2) is 0 Å². The highest BCUT2D eigenvalue weighted by atomic mass is 35.5. The van der Waals surface area contributed by atoms with Crippen molar-refractivity contribution >= 4 is 27.5 Å². The maximum absolute atomic E-state index is 12.5. The molecular weight excluding hydrogens is 408 g/mol. The van der Waals surface area contributed by atoms with E-state index in [1.54, 1.807) is 30.3 Å². The molecule has 3 rings (SSSR count). The minimum Gasteiger partial charge on any atom is -0.345 e. The van der Waals surface area contributed by atoms with Crippen LogP contribution in [0.4, 0.5) is 0 Å². The van der Waals surface area contributed by atoms with Crippen LogP contribution in [-0.4, -0.2) is 20.9 Å². The van der Waals surface area contributed by atoms with Gasteiger partial charge in [-0.2, -0.15) is 0 Å². The molecule has 150 valence electrons. The van der Waals surface area contributed by atoms with E-state index in [1.165, 1.54) is 12.1 Å². The molecule has 0 saturated carbocycles. The van der Waals surface area contributed by atoms with Gasteiger partial charge in [0, 0.05) is 18.0 Å². The normalized spacial score (nSPS) is 12.3. The standard InChI is InChI=1S/C22H21ClN2O3S/c23-19-13-11-18(12-14-19)22(17-7-3-1-4-8-17)25-21(26)15-16-24-29(27,28)20-9-5-2-6-10-20/h1-14,22,24H,15-16H2,(H,25,26). The number of carbonyl (C=O) groups is 1. The molecule has 3 aromatic rings. The first-order valence-electron chi connectivity index (χ1n) is 9.10. The number of nitrogens with one attached hydrogen (secondary N) is 2. The largest absolute Gasteiger partial charge is 0.345 e. The van der Waals surface area contributed by atoms with Crippen molar-refractivity contribution in [1.82, 2.24) is 10.0 Å². The average molecular weight is 429 g/mol. The van der Waals surface area contributed by atoms with Crippen molar-refractivity contribution in [3.63, 3.8) is 0 Å². The summed E-state index contributed by atoms with van der Waals surface area (Å²) in [5, 5.41) is 3.59. The van der Waals surface area contributed by atoms with Crippen molar-refractivity contribution in [3.8, 4) is 0 Å². The zero-order valence-electron chi connectivity index (χ0n) is 15.6. The van der Waals surface area contributed by atoms with Crippen molar-refractivity contribution in [2.75, 3.05) is 6.54 Å². The van der Waals surface area contributed by atoms with E-state index in [-0.39, 0.29) is 29.8 Å². The molecule has 0 aliphatic rings. The molecule has 0 aromatic heterocycles. The molecule has 2 N–H and O–H groups in total. The lowest BCUT2D eigenvalue weighted by Gasteiger charge is -2.20. The predicted molar refractivity (Wildman–Crippen MR) is 114 cm³/mol. The van der Waals surface area contributed by atoms with Crippen LogP contribution in [0.25, 0.3) is 0 Å². The third-order valence-electron chi connectivity index (χ3n) is 4.34. The zero-order valence-corrected chi connectivity index (χ0v) is 17.2. The van der Waals surface area contributed by atoms with Gasteiger partial charge in [-0.1, -0.05) is 72.3 Å². The van der Waals surface area contributed by atoms with E-state index < -0.39 is 10.0 Å². The number of sulfonamides is 1. The van der Waals surface area contributed by atoms with Crippen LogP contribution in [0.3, 0.4) is 0 Å². The minimum absolute atomic E-state index is 0.00515. The smallest absolute Gasteiger partial charge is 0.240 e. The van der Waals surface area contributed by atoms with E-state index in [4.69, 9.17) is 11.6 Å². The second kappa shape index (κ2) is 9.69. The summed E-state index contributed by atoms with van der Waals surface area (Å²) in [5.74, 6) is -0.260. The van der Waals surface area contributed by atoms with E-state index in [0.29, 0.717) is 5.02 Å². The highest BCUT2D eigenvalue weighted by Crippen LogP contribution is 2.23. The Hall–Kier alpha value is -2.67. The van der Waals surface area contributed by atoms with E-state index >= 15 is 0 Å². The molecule has 0 saturated heterocycles. The first-order valence-corrected chi connectivity index (χ1v) is 11.0. The third kappa shape index (κ3) is 5.90. The fraction of sp³-hybridized carbons (Fsp3) is 0.136. The van der Waals surface area contributed by atoms with Crippen molar-refractivity contribution in [2.24, 2.45) is 0 Å². The van der Waals surface area contributed by atoms with Crippen LogP contribution in [0.5, 0.6) is 0 Å². The molecule has 0 heterocycles. The SMILES string of the molecule is O=C(CCNS(=O)(=O)c1ccccc1)NC(c1ccccc1)c1ccc(Cl)cc1. The summed E-state index contributed by atoms with van der Waals surface area (Å²) >= 11 is 5.98. The van der Waals surface area contributed by atoms with Gasteiger partial charge in [0.25, 0.3) is 0 Å². The van der Waals surface area contributed by atoms with Gasteiger partial charge in [-0.05, 0) is 35.4 Å². The Morgan fingerprint density at radius 3 is 2.00 bits per heavy atom. The number of benzene rings is 3. The van der Waals surface area contributed by atoms with E-state index in [2.05, 4.69) is 10.0 Å². The third-order valence-corrected chi connectivity index (χ3v) is 6.07. The number of hydrogen-bond acceptors (Lipinski definition) is 3. The van der Waals surface area contributed by atoms with Gasteiger partial charge in [-0.15, -0.1) is 0 Å². The molecule has 1 atom stereocenters. The number of hydrogen-bond donors (Lipinski definition) is 2. The molecule has 29 heavy (non-hydrogen) atoms. The maximum Gasteiger partial charge on any atom is 0.240 e. The topological polar surface area (TPSA) is 75.3 Å². The zero-order chi connectivity index (χ0) is 20.7.